The van der Waals surface area contributed by atoms with Crippen LogP contribution in [0, 0.1) is 5.41 Å². The van der Waals surface area contributed by atoms with E-state index in [1.807, 2.05) is 60.7 Å². The van der Waals surface area contributed by atoms with E-state index in [4.69, 9.17) is 4.74 Å². The molecule has 6 nitrogen and oxygen atoms in total. The molecule has 0 spiro atoms. The average molecular weight is 527 g/mol. The van der Waals surface area contributed by atoms with Crippen LogP contribution in [-0.2, 0) is 27.4 Å². The zero-order chi connectivity index (χ0) is 27.3. The summed E-state index contributed by atoms with van der Waals surface area (Å²) < 4.78 is 5.84. The highest BCUT2D eigenvalue weighted by molar-refractivity contribution is 5.94. The molecule has 0 atom stereocenters. The number of hydrogen-bond donors (Lipinski definition) is 2. The van der Waals surface area contributed by atoms with Crippen molar-refractivity contribution in [1.29, 1.82) is 0 Å². The van der Waals surface area contributed by atoms with Gasteiger partial charge in [0.05, 0.1) is 23.4 Å². The van der Waals surface area contributed by atoms with Gasteiger partial charge in [0.25, 0.3) is 0 Å². The summed E-state index contributed by atoms with van der Waals surface area (Å²) in [4.78, 5) is 29.3. The van der Waals surface area contributed by atoms with E-state index in [0.717, 1.165) is 55.5 Å². The summed E-state index contributed by atoms with van der Waals surface area (Å²) in [5.41, 5.74) is 3.70. The van der Waals surface area contributed by atoms with Gasteiger partial charge in [0.2, 0.25) is 5.91 Å². The highest BCUT2D eigenvalue weighted by Gasteiger charge is 2.41. The van der Waals surface area contributed by atoms with Crippen molar-refractivity contribution in [3.05, 3.63) is 95.3 Å². The van der Waals surface area contributed by atoms with E-state index >= 15 is 0 Å². The third-order valence-corrected chi connectivity index (χ3v) is 7.31. The van der Waals surface area contributed by atoms with Crippen molar-refractivity contribution in [1.82, 2.24) is 4.98 Å². The quantitative estimate of drug-likeness (QED) is 0.231. The van der Waals surface area contributed by atoms with E-state index in [2.05, 4.69) is 34.6 Å². The number of rotatable bonds is 13. The molecule has 3 aromatic rings. The first-order chi connectivity index (χ1) is 19.0. The normalized spacial score (nSPS) is 14.8. The maximum atomic E-state index is 12.7. The molecule has 0 aliphatic heterocycles. The summed E-state index contributed by atoms with van der Waals surface area (Å²) in [5.74, 6) is -1.12. The zero-order valence-electron chi connectivity index (χ0n) is 22.5. The van der Waals surface area contributed by atoms with Gasteiger partial charge in [-0.3, -0.25) is 14.6 Å². The largest absolute Gasteiger partial charge is 0.481 e. The van der Waals surface area contributed by atoms with Gasteiger partial charge in [-0.25, -0.2) is 0 Å². The Morgan fingerprint density at radius 2 is 1.72 bits per heavy atom. The molecule has 6 heteroatoms. The van der Waals surface area contributed by atoms with Crippen LogP contribution in [0.1, 0.15) is 73.9 Å². The summed E-state index contributed by atoms with van der Waals surface area (Å²) in [7, 11) is 0. The molecule has 0 saturated heterocycles. The lowest BCUT2D eigenvalue weighted by molar-refractivity contribution is -0.153. The van der Waals surface area contributed by atoms with Crippen LogP contribution in [0.4, 0.5) is 5.69 Å². The standard InChI is InChI=1S/C33H38N2O4/c36-31(24-33(32(37)38)20-6-2-7-21-33)35-29-16-9-14-27(23-29)18-19-28-15-10-17-30(34-28)25-39-22-8-5-13-26-11-3-1-4-12-26/h1,3-4,9-12,14-19,23H,2,5-8,13,20-22,24-25H2,(H,35,36)(H,37,38). The van der Waals surface area contributed by atoms with Crippen LogP contribution in [0.2, 0.25) is 0 Å². The number of nitrogens with one attached hydrogen (secondary N) is 1. The lowest BCUT2D eigenvalue weighted by Gasteiger charge is -2.32. The summed E-state index contributed by atoms with van der Waals surface area (Å²) in [6.07, 6.45) is 10.9. The van der Waals surface area contributed by atoms with Crippen LogP contribution >= 0.6 is 0 Å². The van der Waals surface area contributed by atoms with Crippen molar-refractivity contribution in [2.45, 2.75) is 64.4 Å². The summed E-state index contributed by atoms with van der Waals surface area (Å²) in [5, 5.41) is 12.7. The fourth-order valence-corrected chi connectivity index (χ4v) is 5.14. The second-order valence-corrected chi connectivity index (χ2v) is 10.4. The van der Waals surface area contributed by atoms with E-state index < -0.39 is 11.4 Å². The van der Waals surface area contributed by atoms with Gasteiger partial charge in [-0.05, 0) is 73.6 Å². The topological polar surface area (TPSA) is 88.5 Å². The molecule has 1 fully saturated rings. The van der Waals surface area contributed by atoms with Crippen molar-refractivity contribution >= 4 is 29.7 Å². The van der Waals surface area contributed by atoms with Gasteiger partial charge < -0.3 is 15.2 Å². The van der Waals surface area contributed by atoms with E-state index in [9.17, 15) is 14.7 Å². The Kier molecular flexibility index (Phi) is 10.4. The number of hydrogen-bond acceptors (Lipinski definition) is 4. The number of aromatic nitrogens is 1. The van der Waals surface area contributed by atoms with Crippen LogP contribution < -0.4 is 5.32 Å². The Hall–Kier alpha value is -3.77. The van der Waals surface area contributed by atoms with Crippen LogP contribution in [-0.4, -0.2) is 28.6 Å². The minimum atomic E-state index is -0.942. The molecule has 2 aromatic carbocycles. The van der Waals surface area contributed by atoms with Crippen molar-refractivity contribution in [2.24, 2.45) is 5.41 Å². The van der Waals surface area contributed by atoms with Gasteiger partial charge in [-0.1, -0.05) is 73.9 Å². The molecule has 1 aliphatic rings. The number of unbranched alkanes of at least 4 members (excludes halogenated alkanes) is 1. The highest BCUT2D eigenvalue weighted by Crippen LogP contribution is 2.39. The summed E-state index contributed by atoms with van der Waals surface area (Å²) in [6.45, 7) is 1.19. The van der Waals surface area contributed by atoms with Crippen LogP contribution in [0.15, 0.2) is 72.8 Å². The van der Waals surface area contributed by atoms with Gasteiger partial charge >= 0.3 is 5.97 Å². The minimum absolute atomic E-state index is 0.00814. The van der Waals surface area contributed by atoms with Gasteiger partial charge in [0, 0.05) is 18.7 Å². The molecule has 1 aliphatic carbocycles. The number of carbonyl (C=O) groups is 2. The molecular weight excluding hydrogens is 488 g/mol. The van der Waals surface area contributed by atoms with Gasteiger partial charge in [-0.2, -0.15) is 0 Å². The number of amides is 1. The van der Waals surface area contributed by atoms with E-state index in [1.54, 1.807) is 0 Å². The number of aliphatic carboxylic acids is 1. The van der Waals surface area contributed by atoms with Gasteiger partial charge in [-0.15, -0.1) is 0 Å². The number of aryl methyl sites for hydroxylation is 1. The van der Waals surface area contributed by atoms with E-state index in [1.165, 1.54) is 5.56 Å². The Morgan fingerprint density at radius 3 is 2.51 bits per heavy atom. The van der Waals surface area contributed by atoms with Gasteiger partial charge in [0.15, 0.2) is 0 Å². The maximum absolute atomic E-state index is 12.7. The van der Waals surface area contributed by atoms with Crippen molar-refractivity contribution in [3.8, 4) is 0 Å². The molecule has 1 saturated carbocycles. The molecule has 1 amide bonds. The Bertz CT molecular complexity index is 1250. The number of anilines is 1. The smallest absolute Gasteiger partial charge is 0.310 e. The first kappa shape index (κ1) is 28.2. The maximum Gasteiger partial charge on any atom is 0.310 e. The monoisotopic (exact) mass is 526 g/mol. The lowest BCUT2D eigenvalue weighted by atomic mass is 9.71. The Morgan fingerprint density at radius 1 is 0.923 bits per heavy atom. The van der Waals surface area contributed by atoms with Crippen molar-refractivity contribution < 1.29 is 19.4 Å². The zero-order valence-corrected chi connectivity index (χ0v) is 22.5. The number of carbonyl (C=O) groups excluding carboxylic acids is 1. The van der Waals surface area contributed by atoms with Crippen LogP contribution in [0.3, 0.4) is 0 Å². The van der Waals surface area contributed by atoms with E-state index in [0.29, 0.717) is 31.7 Å². The second-order valence-electron chi connectivity index (χ2n) is 10.4. The predicted molar refractivity (Wildman–Crippen MR) is 155 cm³/mol. The third-order valence-electron chi connectivity index (χ3n) is 7.31. The number of carboxylic acid groups (broad SMARTS) is 1. The first-order valence-electron chi connectivity index (χ1n) is 13.9. The molecule has 204 valence electrons. The number of pyridine rings is 1. The SMILES string of the molecule is O=C(CC1(C(=O)O)CCCCC1)Nc1cccc(C=Cc2cccc(COCCCCc3ccccc3)n2)c1. The minimum Gasteiger partial charge on any atom is -0.481 e. The summed E-state index contributed by atoms with van der Waals surface area (Å²) in [6, 6.07) is 23.9. The molecular formula is C33H38N2O4. The second kappa shape index (κ2) is 14.4. The molecule has 39 heavy (non-hydrogen) atoms. The molecule has 4 rings (SSSR count). The molecule has 1 heterocycles. The fraction of sp³-hybridized carbons (Fsp3) is 0.364. The van der Waals surface area contributed by atoms with Gasteiger partial charge in [0.1, 0.15) is 0 Å². The number of nitrogens with zero attached hydrogens (tertiary/aromatic N) is 1. The summed E-state index contributed by atoms with van der Waals surface area (Å²) >= 11 is 0. The third kappa shape index (κ3) is 8.89. The Labute approximate surface area is 231 Å². The number of benzene rings is 2. The first-order valence-corrected chi connectivity index (χ1v) is 13.9. The highest BCUT2D eigenvalue weighted by atomic mass is 16.5. The molecule has 0 radical (unpaired) electrons. The molecule has 0 unspecified atom stereocenters. The molecule has 1 aromatic heterocycles. The van der Waals surface area contributed by atoms with Crippen LogP contribution in [0.5, 0.6) is 0 Å². The number of ether oxygens (including phenoxy) is 1. The Balaban J connectivity index is 1.25. The average Bonchev–Trinajstić information content (AvgIpc) is 2.95. The predicted octanol–water partition coefficient (Wildman–Crippen LogP) is 7.16. The van der Waals surface area contributed by atoms with E-state index in [-0.39, 0.29) is 12.3 Å². The molecule has 0 bridgehead atoms. The lowest BCUT2D eigenvalue weighted by Crippen LogP contribution is -2.37. The van der Waals surface area contributed by atoms with Crippen LogP contribution in [0.25, 0.3) is 12.2 Å². The van der Waals surface area contributed by atoms with Crippen molar-refractivity contribution in [3.63, 3.8) is 0 Å². The number of carboxylic acids is 1. The van der Waals surface area contributed by atoms with Crippen molar-refractivity contribution in [2.75, 3.05) is 11.9 Å². The fourth-order valence-electron chi connectivity index (χ4n) is 5.14. The molecule has 2 N–H and O–H groups in total.